The van der Waals surface area contributed by atoms with E-state index in [1.807, 2.05) is 38.1 Å². The Morgan fingerprint density at radius 3 is 2.17 bits per heavy atom. The molecule has 8 nitrogen and oxygen atoms in total. The first kappa shape index (κ1) is 21.0. The Morgan fingerprint density at radius 2 is 1.67 bits per heavy atom. The Labute approximate surface area is 174 Å². The van der Waals surface area contributed by atoms with Crippen molar-refractivity contribution in [2.24, 2.45) is 0 Å². The van der Waals surface area contributed by atoms with Gasteiger partial charge in [0.2, 0.25) is 5.91 Å². The molecule has 3 amide bonds. The summed E-state index contributed by atoms with van der Waals surface area (Å²) in [5.74, 6) is -3.03. The van der Waals surface area contributed by atoms with E-state index >= 15 is 0 Å². The maximum atomic E-state index is 12.6. The quantitative estimate of drug-likeness (QED) is 0.681. The molecule has 0 bridgehead atoms. The molecule has 0 saturated carbocycles. The van der Waals surface area contributed by atoms with Crippen molar-refractivity contribution in [3.8, 4) is 0 Å². The topological polar surface area (TPSA) is 107 Å². The molecule has 156 valence electrons. The zero-order valence-electron chi connectivity index (χ0n) is 17.0. The number of carbonyl (C=O) groups is 4. The minimum absolute atomic E-state index is 0.154. The van der Waals surface area contributed by atoms with Crippen LogP contribution in [0.2, 0.25) is 0 Å². The number of benzene rings is 2. The van der Waals surface area contributed by atoms with Crippen molar-refractivity contribution in [3.63, 3.8) is 0 Å². The summed E-state index contributed by atoms with van der Waals surface area (Å²) >= 11 is 0. The molecule has 1 aliphatic heterocycles. The molecular weight excluding hydrogens is 386 g/mol. The molecule has 0 saturated heterocycles. The average Bonchev–Trinajstić information content (AvgIpc) is 2.95. The lowest BCUT2D eigenvalue weighted by Crippen LogP contribution is -2.45. The monoisotopic (exact) mass is 409 g/mol. The maximum Gasteiger partial charge on any atom is 0.326 e. The van der Waals surface area contributed by atoms with Gasteiger partial charge >= 0.3 is 5.97 Å². The number of carbonyl (C=O) groups excluding carboxylic acids is 3. The number of nitrogens with one attached hydrogen (secondary N) is 1. The van der Waals surface area contributed by atoms with Gasteiger partial charge in [-0.05, 0) is 49.2 Å². The summed E-state index contributed by atoms with van der Waals surface area (Å²) in [6.07, 6.45) is -0.333. The zero-order chi connectivity index (χ0) is 22.0. The van der Waals surface area contributed by atoms with Crippen molar-refractivity contribution in [1.29, 1.82) is 0 Å². The lowest BCUT2D eigenvalue weighted by atomic mass is 10.1. The van der Waals surface area contributed by atoms with Crippen LogP contribution in [0.3, 0.4) is 0 Å². The van der Waals surface area contributed by atoms with E-state index in [1.165, 1.54) is 12.1 Å². The number of anilines is 2. The highest BCUT2D eigenvalue weighted by atomic mass is 16.4. The molecule has 8 heteroatoms. The summed E-state index contributed by atoms with van der Waals surface area (Å²) in [5, 5.41) is 12.4. The molecule has 1 heterocycles. The number of aryl methyl sites for hydroxylation is 1. The molecule has 0 aromatic heterocycles. The Bertz CT molecular complexity index is 996. The fraction of sp³-hybridized carbons (Fsp3) is 0.273. The third-order valence-electron chi connectivity index (χ3n) is 5.07. The normalized spacial score (nSPS) is 13.8. The number of fused-ring (bicyclic) bond motifs is 1. The summed E-state index contributed by atoms with van der Waals surface area (Å²) in [6, 6.07) is 10.3. The van der Waals surface area contributed by atoms with Gasteiger partial charge in [-0.3, -0.25) is 19.3 Å². The van der Waals surface area contributed by atoms with Crippen molar-refractivity contribution >= 4 is 35.1 Å². The van der Waals surface area contributed by atoms with Gasteiger partial charge in [0.05, 0.1) is 11.1 Å². The lowest BCUT2D eigenvalue weighted by Gasteiger charge is -2.22. The number of aliphatic carboxylic acids is 1. The molecule has 0 aliphatic carbocycles. The predicted molar refractivity (Wildman–Crippen MR) is 112 cm³/mol. The van der Waals surface area contributed by atoms with Crippen molar-refractivity contribution in [1.82, 2.24) is 4.90 Å². The van der Waals surface area contributed by atoms with E-state index < -0.39 is 29.7 Å². The van der Waals surface area contributed by atoms with Gasteiger partial charge in [0.15, 0.2) is 0 Å². The second kappa shape index (κ2) is 8.36. The Balaban J connectivity index is 1.69. The second-order valence-electron chi connectivity index (χ2n) is 7.36. The Morgan fingerprint density at radius 1 is 1.07 bits per heavy atom. The van der Waals surface area contributed by atoms with Gasteiger partial charge < -0.3 is 15.3 Å². The van der Waals surface area contributed by atoms with Crippen LogP contribution in [0.15, 0.2) is 42.5 Å². The van der Waals surface area contributed by atoms with E-state index in [9.17, 15) is 24.3 Å². The minimum atomic E-state index is -1.42. The summed E-state index contributed by atoms with van der Waals surface area (Å²) in [7, 11) is 3.83. The Hall–Kier alpha value is -3.68. The van der Waals surface area contributed by atoms with Crippen LogP contribution >= 0.6 is 0 Å². The van der Waals surface area contributed by atoms with Crippen LogP contribution < -0.4 is 10.2 Å². The number of imide groups is 1. The number of rotatable bonds is 7. The van der Waals surface area contributed by atoms with E-state index in [-0.39, 0.29) is 24.0 Å². The van der Waals surface area contributed by atoms with Crippen molar-refractivity contribution in [3.05, 3.63) is 59.2 Å². The van der Waals surface area contributed by atoms with Crippen molar-refractivity contribution in [2.45, 2.75) is 25.8 Å². The van der Waals surface area contributed by atoms with Gasteiger partial charge in [-0.2, -0.15) is 0 Å². The van der Waals surface area contributed by atoms with Gasteiger partial charge in [-0.15, -0.1) is 0 Å². The SMILES string of the molecule is Cc1cc(N(C)C)ccc1NC(=O)CC[C@@H](C(=O)O)N1C(=O)c2ccccc2C1=O. The molecule has 2 aromatic carbocycles. The van der Waals surface area contributed by atoms with E-state index in [2.05, 4.69) is 5.32 Å². The van der Waals surface area contributed by atoms with Gasteiger partial charge in [-0.25, -0.2) is 4.79 Å². The molecule has 0 radical (unpaired) electrons. The molecule has 0 unspecified atom stereocenters. The standard InChI is InChI=1S/C22H23N3O5/c1-13-12-14(24(2)3)8-9-17(13)23-19(26)11-10-18(22(29)30)25-20(27)15-6-4-5-7-16(15)21(25)28/h4-9,12,18H,10-11H2,1-3H3,(H,23,26)(H,29,30)/t18-/m0/s1. The van der Waals surface area contributed by atoms with E-state index in [1.54, 1.807) is 18.2 Å². The van der Waals surface area contributed by atoms with Gasteiger partial charge in [-0.1, -0.05) is 12.1 Å². The molecule has 0 spiro atoms. The first-order valence-electron chi connectivity index (χ1n) is 9.48. The van der Waals surface area contributed by atoms with Crippen molar-refractivity contribution < 1.29 is 24.3 Å². The smallest absolute Gasteiger partial charge is 0.326 e. The van der Waals surface area contributed by atoms with E-state index in [0.29, 0.717) is 5.69 Å². The fourth-order valence-electron chi connectivity index (χ4n) is 3.40. The summed E-state index contributed by atoms with van der Waals surface area (Å²) in [6.45, 7) is 1.86. The molecule has 3 rings (SSSR count). The van der Waals surface area contributed by atoms with Crippen LogP contribution in [0.4, 0.5) is 11.4 Å². The average molecular weight is 409 g/mol. The molecular formula is C22H23N3O5. The van der Waals surface area contributed by atoms with Gasteiger partial charge in [0, 0.05) is 31.9 Å². The number of nitrogens with zero attached hydrogens (tertiary/aromatic N) is 2. The number of hydrogen-bond acceptors (Lipinski definition) is 5. The second-order valence-corrected chi connectivity index (χ2v) is 7.36. The highest BCUT2D eigenvalue weighted by Gasteiger charge is 2.42. The third-order valence-corrected chi connectivity index (χ3v) is 5.07. The molecule has 2 aromatic rings. The zero-order valence-corrected chi connectivity index (χ0v) is 17.0. The molecule has 1 atom stereocenters. The van der Waals surface area contributed by atoms with Gasteiger partial charge in [0.25, 0.3) is 11.8 Å². The number of hydrogen-bond donors (Lipinski definition) is 2. The van der Waals surface area contributed by atoms with Crippen LogP contribution in [-0.2, 0) is 9.59 Å². The number of carboxylic acid groups (broad SMARTS) is 1. The van der Waals surface area contributed by atoms with Crippen LogP contribution in [0, 0.1) is 6.92 Å². The van der Waals surface area contributed by atoms with Gasteiger partial charge in [0.1, 0.15) is 6.04 Å². The number of amides is 3. The van der Waals surface area contributed by atoms with E-state index in [4.69, 9.17) is 0 Å². The highest BCUT2D eigenvalue weighted by molar-refractivity contribution is 6.22. The van der Waals surface area contributed by atoms with Crippen molar-refractivity contribution in [2.75, 3.05) is 24.3 Å². The molecule has 30 heavy (non-hydrogen) atoms. The largest absolute Gasteiger partial charge is 0.480 e. The van der Waals surface area contributed by atoms with Crippen LogP contribution in [0.5, 0.6) is 0 Å². The first-order chi connectivity index (χ1) is 14.2. The fourth-order valence-corrected chi connectivity index (χ4v) is 3.40. The highest BCUT2D eigenvalue weighted by Crippen LogP contribution is 2.26. The summed E-state index contributed by atoms with van der Waals surface area (Å²) in [5.41, 5.74) is 2.83. The minimum Gasteiger partial charge on any atom is -0.480 e. The first-order valence-corrected chi connectivity index (χ1v) is 9.48. The predicted octanol–water partition coefficient (Wildman–Crippen LogP) is 2.53. The Kier molecular flexibility index (Phi) is 5.86. The number of carboxylic acids is 1. The third kappa shape index (κ3) is 4.03. The molecule has 1 aliphatic rings. The maximum absolute atomic E-state index is 12.6. The van der Waals surface area contributed by atoms with Crippen LogP contribution in [0.1, 0.15) is 39.1 Å². The molecule has 0 fully saturated rings. The summed E-state index contributed by atoms with van der Waals surface area (Å²) in [4.78, 5) is 52.0. The molecule has 2 N–H and O–H groups in total. The lowest BCUT2D eigenvalue weighted by molar-refractivity contribution is -0.141. The summed E-state index contributed by atoms with van der Waals surface area (Å²) < 4.78 is 0. The van der Waals surface area contributed by atoms with E-state index in [0.717, 1.165) is 16.2 Å². The van der Waals surface area contributed by atoms with Crippen LogP contribution in [0.25, 0.3) is 0 Å². The van der Waals surface area contributed by atoms with Crippen LogP contribution in [-0.4, -0.2) is 53.8 Å².